The van der Waals surface area contributed by atoms with Crippen LogP contribution in [-0.4, -0.2) is 36.6 Å². The summed E-state index contributed by atoms with van der Waals surface area (Å²) in [5, 5.41) is 3.46. The van der Waals surface area contributed by atoms with E-state index in [1.807, 2.05) is 0 Å². The van der Waals surface area contributed by atoms with Crippen molar-refractivity contribution >= 4 is 38.4 Å². The van der Waals surface area contributed by atoms with E-state index in [0.717, 1.165) is 24.6 Å². The highest BCUT2D eigenvalue weighted by Gasteiger charge is 2.42. The molecule has 0 bridgehead atoms. The average Bonchev–Trinajstić information content (AvgIpc) is 3.00. The second-order valence-corrected chi connectivity index (χ2v) is 10.3. The molecule has 2 aromatic heterocycles. The van der Waals surface area contributed by atoms with Gasteiger partial charge in [0.05, 0.1) is 0 Å². The van der Waals surface area contributed by atoms with E-state index in [4.69, 9.17) is 16.0 Å². The molecule has 0 aliphatic heterocycles. The first-order valence-corrected chi connectivity index (χ1v) is 11.4. The molecule has 152 valence electrons. The molecule has 3 aromatic rings. The third-order valence-corrected chi connectivity index (χ3v) is 6.38. The molecule has 1 fully saturated rings. The first-order valence-electron chi connectivity index (χ1n) is 9.13. The predicted molar refractivity (Wildman–Crippen MR) is 109 cm³/mol. The van der Waals surface area contributed by atoms with Crippen LogP contribution in [0.3, 0.4) is 0 Å². The molecule has 1 aliphatic rings. The number of halogens is 1. The molecular weight excluding hydrogens is 414 g/mol. The van der Waals surface area contributed by atoms with Gasteiger partial charge in [-0.15, -0.1) is 0 Å². The van der Waals surface area contributed by atoms with E-state index in [1.54, 1.807) is 18.2 Å². The van der Waals surface area contributed by atoms with Crippen molar-refractivity contribution in [2.24, 2.45) is 5.41 Å². The maximum Gasteiger partial charge on any atom is 0.251 e. The van der Waals surface area contributed by atoms with Crippen molar-refractivity contribution in [1.82, 2.24) is 15.3 Å². The van der Waals surface area contributed by atoms with E-state index in [2.05, 4.69) is 22.2 Å². The van der Waals surface area contributed by atoms with Gasteiger partial charge >= 0.3 is 0 Å². The van der Waals surface area contributed by atoms with Gasteiger partial charge in [-0.1, -0.05) is 18.5 Å². The number of oxazole rings is 1. The average molecular weight is 434 g/mol. The molecule has 1 aromatic carbocycles. The topological polar surface area (TPSA) is 102 Å². The molecule has 0 atom stereocenters. The highest BCUT2D eigenvalue weighted by atomic mass is 35.5. The molecule has 1 amide bonds. The Morgan fingerprint density at radius 1 is 1.31 bits per heavy atom. The number of aromatic nitrogens is 2. The first kappa shape index (κ1) is 19.8. The largest absolute Gasteiger partial charge is 0.441 e. The molecule has 0 spiro atoms. The normalized spacial score (nSPS) is 21.7. The SMILES string of the molecule is CC1(Cc2nc3cc(Cl)ccc3o2)CC(NC(=O)c2ccnc(S(C)(=O)=O)c2)C1. The predicted octanol–water partition coefficient (Wildman–Crippen LogP) is 3.42. The molecule has 0 radical (unpaired) electrons. The lowest BCUT2D eigenvalue weighted by Gasteiger charge is -2.45. The number of fused-ring (bicyclic) bond motifs is 1. The monoisotopic (exact) mass is 433 g/mol. The van der Waals surface area contributed by atoms with Gasteiger partial charge in [0.15, 0.2) is 26.3 Å². The number of carbonyl (C=O) groups is 1. The van der Waals surface area contributed by atoms with Crippen LogP contribution in [0.25, 0.3) is 11.1 Å². The van der Waals surface area contributed by atoms with Gasteiger partial charge in [-0.3, -0.25) is 4.79 Å². The molecule has 0 unspecified atom stereocenters. The fraction of sp³-hybridized carbons (Fsp3) is 0.350. The Morgan fingerprint density at radius 2 is 2.07 bits per heavy atom. The molecule has 4 rings (SSSR count). The second-order valence-electron chi connectivity index (χ2n) is 7.94. The highest BCUT2D eigenvalue weighted by molar-refractivity contribution is 7.90. The minimum Gasteiger partial charge on any atom is -0.441 e. The standard InChI is InChI=1S/C20H20ClN3O4S/c1-20(11-17-24-15-8-13(21)3-4-16(15)28-17)9-14(10-20)23-19(25)12-5-6-22-18(7-12)29(2,26)27/h3-8,14H,9-11H2,1-2H3,(H,23,25). The Morgan fingerprint density at radius 3 is 2.79 bits per heavy atom. The zero-order valence-electron chi connectivity index (χ0n) is 16.0. The fourth-order valence-corrected chi connectivity index (χ4v) is 4.55. The van der Waals surface area contributed by atoms with Crippen LogP contribution in [0.5, 0.6) is 0 Å². The number of hydrogen-bond donors (Lipinski definition) is 1. The minimum absolute atomic E-state index is 0.0150. The van der Waals surface area contributed by atoms with Gasteiger partial charge in [0.2, 0.25) is 0 Å². The number of nitrogens with zero attached hydrogens (tertiary/aromatic N) is 2. The summed E-state index contributed by atoms with van der Waals surface area (Å²) in [7, 11) is -3.46. The van der Waals surface area contributed by atoms with Gasteiger partial charge in [0, 0.05) is 35.5 Å². The lowest BCUT2D eigenvalue weighted by Crippen LogP contribution is -2.50. The molecule has 9 heteroatoms. The van der Waals surface area contributed by atoms with Gasteiger partial charge in [-0.25, -0.2) is 18.4 Å². The Bertz CT molecular complexity index is 1200. The molecule has 1 aliphatic carbocycles. The van der Waals surface area contributed by atoms with Crippen molar-refractivity contribution in [2.45, 2.75) is 37.3 Å². The zero-order chi connectivity index (χ0) is 20.8. The van der Waals surface area contributed by atoms with E-state index in [-0.39, 0.29) is 28.0 Å². The van der Waals surface area contributed by atoms with Crippen LogP contribution in [-0.2, 0) is 16.3 Å². The fourth-order valence-electron chi connectivity index (χ4n) is 3.79. The number of benzene rings is 1. The second kappa shape index (κ2) is 7.11. The van der Waals surface area contributed by atoms with Crippen LogP contribution in [0.4, 0.5) is 0 Å². The quantitative estimate of drug-likeness (QED) is 0.661. The third-order valence-electron chi connectivity index (χ3n) is 5.16. The maximum absolute atomic E-state index is 12.5. The summed E-state index contributed by atoms with van der Waals surface area (Å²) in [6, 6.07) is 8.16. The number of sulfone groups is 1. The Hall–Kier alpha value is -2.45. The van der Waals surface area contributed by atoms with Crippen molar-refractivity contribution in [3.8, 4) is 0 Å². The summed E-state index contributed by atoms with van der Waals surface area (Å²) in [6.45, 7) is 2.13. The lowest BCUT2D eigenvalue weighted by atomic mass is 9.65. The molecule has 1 N–H and O–H groups in total. The van der Waals surface area contributed by atoms with Gasteiger partial charge in [0.25, 0.3) is 5.91 Å². The summed E-state index contributed by atoms with van der Waals surface area (Å²) in [6.07, 6.45) is 4.62. The molecule has 0 saturated heterocycles. The van der Waals surface area contributed by atoms with Crippen LogP contribution < -0.4 is 5.32 Å². The van der Waals surface area contributed by atoms with Crippen molar-refractivity contribution < 1.29 is 17.6 Å². The van der Waals surface area contributed by atoms with Gasteiger partial charge in [-0.2, -0.15) is 0 Å². The van der Waals surface area contributed by atoms with E-state index < -0.39 is 9.84 Å². The number of nitrogens with one attached hydrogen (secondary N) is 1. The van der Waals surface area contributed by atoms with Crippen molar-refractivity contribution in [3.05, 3.63) is 53.0 Å². The van der Waals surface area contributed by atoms with Crippen LogP contribution in [0.1, 0.15) is 36.0 Å². The van der Waals surface area contributed by atoms with E-state index in [0.29, 0.717) is 22.9 Å². The summed E-state index contributed by atoms with van der Waals surface area (Å²) in [5.41, 5.74) is 1.69. The smallest absolute Gasteiger partial charge is 0.251 e. The molecule has 29 heavy (non-hydrogen) atoms. The van der Waals surface area contributed by atoms with Crippen molar-refractivity contribution in [3.63, 3.8) is 0 Å². The highest BCUT2D eigenvalue weighted by Crippen LogP contribution is 2.43. The van der Waals surface area contributed by atoms with Gasteiger partial charge in [-0.05, 0) is 48.6 Å². The third kappa shape index (κ3) is 4.28. The van der Waals surface area contributed by atoms with E-state index in [9.17, 15) is 13.2 Å². The van der Waals surface area contributed by atoms with Crippen molar-refractivity contribution in [1.29, 1.82) is 0 Å². The molecular formula is C20H20ClN3O4S. The lowest BCUT2D eigenvalue weighted by molar-refractivity contribution is 0.0723. The van der Waals surface area contributed by atoms with Crippen molar-refractivity contribution in [2.75, 3.05) is 6.26 Å². The Labute approximate surface area is 173 Å². The number of hydrogen-bond acceptors (Lipinski definition) is 6. The summed E-state index contributed by atoms with van der Waals surface area (Å²) in [5.74, 6) is 0.349. The number of amides is 1. The molecule has 1 saturated carbocycles. The van der Waals surface area contributed by atoms with Crippen LogP contribution in [0, 0.1) is 5.41 Å². The van der Waals surface area contributed by atoms with Crippen LogP contribution in [0.15, 0.2) is 46.0 Å². The zero-order valence-corrected chi connectivity index (χ0v) is 17.5. The van der Waals surface area contributed by atoms with Crippen LogP contribution in [0.2, 0.25) is 5.02 Å². The summed E-state index contributed by atoms with van der Waals surface area (Å²) in [4.78, 5) is 20.8. The maximum atomic E-state index is 12.5. The first-order chi connectivity index (χ1) is 13.6. The van der Waals surface area contributed by atoms with Gasteiger partial charge < -0.3 is 9.73 Å². The number of pyridine rings is 1. The minimum atomic E-state index is -3.46. The summed E-state index contributed by atoms with van der Waals surface area (Å²) >= 11 is 5.99. The van der Waals surface area contributed by atoms with Gasteiger partial charge in [0.1, 0.15) is 5.52 Å². The van der Waals surface area contributed by atoms with E-state index >= 15 is 0 Å². The summed E-state index contributed by atoms with van der Waals surface area (Å²) < 4.78 is 29.1. The molecule has 7 nitrogen and oxygen atoms in total. The van der Waals surface area contributed by atoms with E-state index in [1.165, 1.54) is 18.3 Å². The number of rotatable bonds is 5. The Balaban J connectivity index is 1.38. The molecule has 2 heterocycles. The number of carbonyl (C=O) groups excluding carboxylic acids is 1. The Kier molecular flexibility index (Phi) is 4.86. The van der Waals surface area contributed by atoms with Crippen LogP contribution >= 0.6 is 11.6 Å².